The van der Waals surface area contributed by atoms with Crippen molar-refractivity contribution in [3.05, 3.63) is 152 Å². The molecule has 240 valence electrons. The monoisotopic (exact) mass is 690 g/mol. The van der Waals surface area contributed by atoms with Crippen LogP contribution in [0.5, 0.6) is 0 Å². The summed E-state index contributed by atoms with van der Waals surface area (Å²) >= 11 is 8.21. The average molecular weight is 691 g/mol. The van der Waals surface area contributed by atoms with Gasteiger partial charge in [0.2, 0.25) is 0 Å². The van der Waals surface area contributed by atoms with Gasteiger partial charge in [0.1, 0.15) is 0 Å². The topological polar surface area (TPSA) is 24.7 Å². The van der Waals surface area contributed by atoms with Crippen molar-refractivity contribution < 1.29 is 0 Å². The molecule has 2 atom stereocenters. The highest BCUT2D eigenvalue weighted by Gasteiger charge is 2.36. The van der Waals surface area contributed by atoms with E-state index in [9.17, 15) is 0 Å². The van der Waals surface area contributed by atoms with E-state index in [1.54, 1.807) is 0 Å². The Hall–Kier alpha value is -2.90. The predicted octanol–water partition coefficient (Wildman–Crippen LogP) is 12.1. The van der Waals surface area contributed by atoms with Crippen LogP contribution in [0.25, 0.3) is 9.81 Å². The fourth-order valence-electron chi connectivity index (χ4n) is 5.60. The number of allylic oxidation sites excluding steroid dienone is 2. The lowest BCUT2D eigenvalue weighted by Crippen LogP contribution is -2.31. The van der Waals surface area contributed by atoms with E-state index in [0.717, 1.165) is 34.1 Å². The summed E-state index contributed by atoms with van der Waals surface area (Å²) < 4.78 is 0. The van der Waals surface area contributed by atoms with Crippen LogP contribution in [-0.2, 0) is 0 Å². The number of aliphatic imine (C=N–C) groups is 2. The molecule has 0 bridgehead atoms. The smallest absolute Gasteiger partial charge is 0.0721 e. The van der Waals surface area contributed by atoms with Crippen molar-refractivity contribution in [3.8, 4) is 0 Å². The van der Waals surface area contributed by atoms with E-state index in [-0.39, 0.29) is 17.5 Å². The van der Waals surface area contributed by atoms with Crippen molar-refractivity contribution in [2.24, 2.45) is 15.4 Å². The summed E-state index contributed by atoms with van der Waals surface area (Å²) in [6, 6.07) is 39.2. The number of benzene rings is 4. The predicted molar refractivity (Wildman–Crippen MR) is 215 cm³/mol. The third kappa shape index (κ3) is 8.77. The van der Waals surface area contributed by atoms with Crippen LogP contribution in [0.15, 0.2) is 129 Å². The van der Waals surface area contributed by atoms with Gasteiger partial charge in [-0.15, -0.1) is 47.0 Å². The zero-order valence-electron chi connectivity index (χ0n) is 27.6. The Morgan fingerprint density at radius 2 is 0.872 bits per heavy atom. The molecule has 0 fully saturated rings. The van der Waals surface area contributed by atoms with Gasteiger partial charge in [-0.2, -0.15) is 0 Å². The Bertz CT molecular complexity index is 1630. The van der Waals surface area contributed by atoms with E-state index >= 15 is 0 Å². The first kappa shape index (κ1) is 34.0. The van der Waals surface area contributed by atoms with E-state index < -0.39 is 0 Å². The van der Waals surface area contributed by atoms with E-state index in [2.05, 4.69) is 184 Å². The molecule has 47 heavy (non-hydrogen) atoms. The highest BCUT2D eigenvalue weighted by Crippen LogP contribution is 2.52. The number of thioether (sulfide) groups is 4. The minimum absolute atomic E-state index is 0.146. The minimum atomic E-state index is 0.146. The summed E-state index contributed by atoms with van der Waals surface area (Å²) in [4.78, 5) is 15.3. The van der Waals surface area contributed by atoms with Crippen molar-refractivity contribution in [1.82, 2.24) is 0 Å². The highest BCUT2D eigenvalue weighted by atomic mass is 32.2. The maximum atomic E-state index is 4.81. The fraction of sp³-hybridized carbons (Fsp3) is 0.268. The first-order chi connectivity index (χ1) is 22.9. The summed E-state index contributed by atoms with van der Waals surface area (Å²) in [5, 5.41) is 0. The molecule has 2 aliphatic rings. The van der Waals surface area contributed by atoms with Crippen LogP contribution in [0.4, 0.5) is 0 Å². The summed E-state index contributed by atoms with van der Waals surface area (Å²) in [6.45, 7) is 8.91. The molecule has 1 spiro atoms. The Morgan fingerprint density at radius 3 is 1.26 bits per heavy atom. The molecule has 0 amide bonds. The van der Waals surface area contributed by atoms with Crippen LogP contribution in [0.2, 0.25) is 0 Å². The molecule has 6 heteroatoms. The fourth-order valence-corrected chi connectivity index (χ4v) is 11.8. The van der Waals surface area contributed by atoms with Gasteiger partial charge in [0.05, 0.1) is 12.1 Å². The number of hydrogen-bond donors (Lipinski definition) is 0. The molecule has 2 aliphatic heterocycles. The van der Waals surface area contributed by atoms with E-state index in [1.165, 1.54) is 41.9 Å². The lowest BCUT2D eigenvalue weighted by molar-refractivity contribution is 0.519. The summed E-state index contributed by atoms with van der Waals surface area (Å²) in [5.41, 5.74) is 7.67. The molecule has 0 radical (unpaired) electrons. The van der Waals surface area contributed by atoms with Gasteiger partial charge in [-0.1, -0.05) is 109 Å². The normalized spacial score (nSPS) is 20.5. The lowest BCUT2D eigenvalue weighted by atomic mass is 9.99. The van der Waals surface area contributed by atoms with Crippen molar-refractivity contribution in [1.29, 1.82) is 0 Å². The van der Waals surface area contributed by atoms with Crippen LogP contribution in [0, 0.1) is 5.41 Å². The van der Waals surface area contributed by atoms with Gasteiger partial charge in [-0.25, -0.2) is 0 Å². The largest absolute Gasteiger partial charge is 0.285 e. The van der Waals surface area contributed by atoms with Crippen LogP contribution in [0.3, 0.4) is 0 Å². The highest BCUT2D eigenvalue weighted by molar-refractivity contribution is 8.13. The molecule has 4 aromatic rings. The molecule has 4 aromatic carbocycles. The Kier molecular flexibility index (Phi) is 11.6. The second-order valence-electron chi connectivity index (χ2n) is 12.4. The van der Waals surface area contributed by atoms with Gasteiger partial charge in [-0.3, -0.25) is 9.98 Å². The van der Waals surface area contributed by atoms with E-state index in [1.807, 2.05) is 12.4 Å². The molecule has 0 aromatic heterocycles. The van der Waals surface area contributed by atoms with Crippen molar-refractivity contribution in [2.75, 3.05) is 23.0 Å². The third-order valence-electron chi connectivity index (χ3n) is 8.68. The molecule has 2 heterocycles. The van der Waals surface area contributed by atoms with Crippen LogP contribution in [0.1, 0.15) is 73.2 Å². The maximum absolute atomic E-state index is 4.81. The molecule has 2 unspecified atom stereocenters. The van der Waals surface area contributed by atoms with Crippen molar-refractivity contribution >= 4 is 69.3 Å². The second kappa shape index (κ2) is 16.0. The summed E-state index contributed by atoms with van der Waals surface area (Å²) in [6.07, 6.45) is 4.01. The quantitative estimate of drug-likeness (QED) is 0.172. The van der Waals surface area contributed by atoms with Gasteiger partial charge in [0.25, 0.3) is 0 Å². The zero-order chi connectivity index (χ0) is 32.6. The third-order valence-corrected chi connectivity index (χ3v) is 14.9. The molecular weight excluding hydrogens is 649 g/mol. The average Bonchev–Trinajstić information content (AvgIpc) is 3.39. The minimum Gasteiger partial charge on any atom is -0.285 e. The van der Waals surface area contributed by atoms with Crippen LogP contribution >= 0.6 is 47.0 Å². The van der Waals surface area contributed by atoms with Gasteiger partial charge < -0.3 is 0 Å². The molecule has 0 saturated carbocycles. The van der Waals surface area contributed by atoms with Crippen molar-refractivity contribution in [3.63, 3.8) is 0 Å². The maximum Gasteiger partial charge on any atom is 0.0721 e. The van der Waals surface area contributed by atoms with E-state index in [0.29, 0.717) is 0 Å². The first-order valence-electron chi connectivity index (χ1n) is 16.2. The zero-order valence-corrected chi connectivity index (χ0v) is 30.8. The molecule has 0 saturated heterocycles. The lowest BCUT2D eigenvalue weighted by Gasteiger charge is -2.30. The summed E-state index contributed by atoms with van der Waals surface area (Å²) in [5.74, 6) is 4.60. The van der Waals surface area contributed by atoms with Gasteiger partial charge in [0.15, 0.2) is 0 Å². The number of nitrogens with zero attached hydrogens (tertiary/aromatic N) is 2. The summed E-state index contributed by atoms with van der Waals surface area (Å²) in [7, 11) is 0. The Balaban J connectivity index is 1.07. The first-order valence-corrected chi connectivity index (χ1v) is 20.1. The molecule has 0 aliphatic carbocycles. The SMILES string of the molecule is CC1=C(c2ccc(C=NC(C)c3ccccc3)cc2)SCC2(CS1)CSC(C)=C(c1ccc(C=NC(C)c3ccccc3)cc1)SC2. The van der Waals surface area contributed by atoms with Crippen LogP contribution < -0.4 is 0 Å². The van der Waals surface area contributed by atoms with Gasteiger partial charge in [-0.05, 0) is 70.9 Å². The Labute approximate surface area is 298 Å². The van der Waals surface area contributed by atoms with Crippen molar-refractivity contribution in [2.45, 2.75) is 39.8 Å². The number of rotatable bonds is 8. The van der Waals surface area contributed by atoms with Gasteiger partial charge >= 0.3 is 0 Å². The van der Waals surface area contributed by atoms with Crippen LogP contribution in [-0.4, -0.2) is 35.4 Å². The number of hydrogen-bond acceptors (Lipinski definition) is 6. The molecule has 2 nitrogen and oxygen atoms in total. The second-order valence-corrected chi connectivity index (χ2v) is 16.7. The Morgan fingerprint density at radius 1 is 0.511 bits per heavy atom. The molecular formula is C41H42N2S4. The molecule has 6 rings (SSSR count). The molecule has 0 N–H and O–H groups in total. The standard InChI is InChI=1S/C41H42N2S4/c1-29(35-11-7-5-8-12-35)42-23-33-15-19-37(20-16-33)39-31(3)44-25-41(27-46-39)26-45-32(4)40(47-28-41)38-21-17-34(18-22-38)24-43-30(2)36-13-9-6-10-14-36/h5-24,29-30H,25-28H2,1-4H3. The van der Waals surface area contributed by atoms with E-state index in [4.69, 9.17) is 9.98 Å². The van der Waals surface area contributed by atoms with Gasteiger partial charge in [0, 0.05) is 50.7 Å².